The van der Waals surface area contributed by atoms with Gasteiger partial charge in [-0.15, -0.1) is 0 Å². The van der Waals surface area contributed by atoms with E-state index in [1.807, 2.05) is 0 Å². The van der Waals surface area contributed by atoms with Crippen molar-refractivity contribution in [3.8, 4) is 0 Å². The van der Waals surface area contributed by atoms with Gasteiger partial charge in [-0.05, 0) is 0 Å². The highest BCUT2D eigenvalue weighted by Crippen LogP contribution is 1.98. The van der Waals surface area contributed by atoms with Crippen LogP contribution < -0.4 is 0 Å². The summed E-state index contributed by atoms with van der Waals surface area (Å²) in [5.41, 5.74) is 0. The number of ether oxygens (including phenoxy) is 1. The molecule has 0 bridgehead atoms. The van der Waals surface area contributed by atoms with Gasteiger partial charge in [0, 0.05) is 20.7 Å². The van der Waals surface area contributed by atoms with Crippen molar-refractivity contribution in [1.82, 2.24) is 4.90 Å². The summed E-state index contributed by atoms with van der Waals surface area (Å²) in [4.78, 5) is 12.9. The summed E-state index contributed by atoms with van der Waals surface area (Å²) in [6.45, 7) is 2.70. The molecule has 0 saturated carbocycles. The van der Waals surface area contributed by atoms with E-state index in [9.17, 15) is 4.79 Å². The van der Waals surface area contributed by atoms with Crippen LogP contribution in [0.25, 0.3) is 0 Å². The van der Waals surface area contributed by atoms with Crippen molar-refractivity contribution in [3.05, 3.63) is 0 Å². The number of aliphatic hydroxyl groups excluding tert-OH is 1. The van der Waals surface area contributed by atoms with E-state index >= 15 is 0 Å². The lowest BCUT2D eigenvalue weighted by molar-refractivity contribution is -0.135. The van der Waals surface area contributed by atoms with Crippen LogP contribution in [0.4, 0.5) is 0 Å². The van der Waals surface area contributed by atoms with Crippen LogP contribution in [-0.2, 0) is 9.53 Å². The third kappa shape index (κ3) is 3.69. The van der Waals surface area contributed by atoms with Crippen molar-refractivity contribution in [3.63, 3.8) is 0 Å². The van der Waals surface area contributed by atoms with Crippen LogP contribution >= 0.6 is 0 Å². The van der Waals surface area contributed by atoms with E-state index in [4.69, 9.17) is 9.84 Å². The number of hydrogen-bond acceptors (Lipinski definition) is 3. The quantitative estimate of drug-likeness (QED) is 0.625. The Bertz CT molecular complexity index is 138. The maximum atomic E-state index is 11.3. The number of carbonyl (C=O) groups excluding carboxylic acids is 1. The lowest BCUT2D eigenvalue weighted by Gasteiger charge is -2.19. The Morgan fingerprint density at radius 3 is 2.67 bits per heavy atom. The number of rotatable bonds is 5. The van der Waals surface area contributed by atoms with Gasteiger partial charge in [-0.25, -0.2) is 0 Å². The Kier molecular flexibility index (Phi) is 5.66. The Hall–Kier alpha value is -0.610. The van der Waals surface area contributed by atoms with Crippen molar-refractivity contribution in [2.75, 3.05) is 33.9 Å². The molecule has 12 heavy (non-hydrogen) atoms. The number of carbonyl (C=O) groups is 1. The standard InChI is InChI=1S/C8H17NO3/c1-7(6-10)8(11)9(2)4-5-12-3/h7,10H,4-6H2,1-3H3. The highest BCUT2D eigenvalue weighted by Gasteiger charge is 2.15. The van der Waals surface area contributed by atoms with Gasteiger partial charge in [-0.2, -0.15) is 0 Å². The van der Waals surface area contributed by atoms with Crippen LogP contribution in [-0.4, -0.2) is 49.8 Å². The average Bonchev–Trinajstić information content (AvgIpc) is 2.11. The summed E-state index contributed by atoms with van der Waals surface area (Å²) in [7, 11) is 3.29. The Morgan fingerprint density at radius 2 is 2.25 bits per heavy atom. The smallest absolute Gasteiger partial charge is 0.227 e. The molecular formula is C8H17NO3. The third-order valence-corrected chi connectivity index (χ3v) is 1.70. The fourth-order valence-electron chi connectivity index (χ4n) is 0.793. The molecule has 4 heteroatoms. The molecule has 0 aromatic rings. The third-order valence-electron chi connectivity index (χ3n) is 1.70. The summed E-state index contributed by atoms with van der Waals surface area (Å²) in [6.07, 6.45) is 0. The van der Waals surface area contributed by atoms with Gasteiger partial charge in [-0.3, -0.25) is 4.79 Å². The van der Waals surface area contributed by atoms with E-state index in [1.165, 1.54) is 0 Å². The molecule has 1 amide bonds. The summed E-state index contributed by atoms with van der Waals surface area (Å²) < 4.78 is 4.82. The molecule has 4 nitrogen and oxygen atoms in total. The van der Waals surface area contributed by atoms with E-state index in [2.05, 4.69) is 0 Å². The fraction of sp³-hybridized carbons (Fsp3) is 0.875. The fourth-order valence-corrected chi connectivity index (χ4v) is 0.793. The van der Waals surface area contributed by atoms with Crippen LogP contribution in [0.3, 0.4) is 0 Å². The lowest BCUT2D eigenvalue weighted by atomic mass is 10.2. The highest BCUT2D eigenvalue weighted by atomic mass is 16.5. The largest absolute Gasteiger partial charge is 0.396 e. The van der Waals surface area contributed by atoms with Crippen LogP contribution in [0, 0.1) is 5.92 Å². The number of amides is 1. The first-order chi connectivity index (χ1) is 5.63. The first-order valence-electron chi connectivity index (χ1n) is 3.98. The molecule has 0 rings (SSSR count). The zero-order valence-electron chi connectivity index (χ0n) is 7.91. The van der Waals surface area contributed by atoms with Crippen molar-refractivity contribution in [1.29, 1.82) is 0 Å². The molecule has 0 radical (unpaired) electrons. The molecule has 0 aromatic heterocycles. The molecule has 1 atom stereocenters. The van der Waals surface area contributed by atoms with E-state index < -0.39 is 0 Å². The second kappa shape index (κ2) is 5.97. The van der Waals surface area contributed by atoms with Crippen molar-refractivity contribution in [2.45, 2.75) is 6.92 Å². The SMILES string of the molecule is COCCN(C)C(=O)C(C)CO. The second-order valence-corrected chi connectivity index (χ2v) is 2.84. The molecule has 1 N–H and O–H groups in total. The molecule has 1 unspecified atom stereocenters. The average molecular weight is 175 g/mol. The summed E-state index contributed by atoms with van der Waals surface area (Å²) in [5.74, 6) is -0.360. The number of methoxy groups -OCH3 is 1. The minimum Gasteiger partial charge on any atom is -0.396 e. The van der Waals surface area contributed by atoms with E-state index in [0.717, 1.165) is 0 Å². The highest BCUT2D eigenvalue weighted by molar-refractivity contribution is 5.78. The van der Waals surface area contributed by atoms with Gasteiger partial charge in [0.05, 0.1) is 19.1 Å². The first-order valence-corrected chi connectivity index (χ1v) is 3.98. The van der Waals surface area contributed by atoms with Gasteiger partial charge >= 0.3 is 0 Å². The van der Waals surface area contributed by atoms with E-state index in [0.29, 0.717) is 13.2 Å². The Labute approximate surface area is 73.1 Å². The van der Waals surface area contributed by atoms with Crippen LogP contribution in [0.5, 0.6) is 0 Å². The van der Waals surface area contributed by atoms with Gasteiger partial charge in [0.25, 0.3) is 0 Å². The molecule has 0 fully saturated rings. The molecule has 72 valence electrons. The summed E-state index contributed by atoms with van der Waals surface area (Å²) >= 11 is 0. The number of likely N-dealkylation sites (N-methyl/N-ethyl adjacent to an activating group) is 1. The van der Waals surface area contributed by atoms with Crippen molar-refractivity contribution >= 4 is 5.91 Å². The summed E-state index contributed by atoms with van der Waals surface area (Å²) in [6, 6.07) is 0. The maximum absolute atomic E-state index is 11.3. The minimum atomic E-state index is -0.313. The van der Waals surface area contributed by atoms with Crippen molar-refractivity contribution < 1.29 is 14.6 Å². The lowest BCUT2D eigenvalue weighted by Crippen LogP contribution is -2.35. The normalized spacial score (nSPS) is 12.7. The molecule has 0 heterocycles. The number of nitrogens with zero attached hydrogens (tertiary/aromatic N) is 1. The monoisotopic (exact) mass is 175 g/mol. The molecule has 0 aliphatic heterocycles. The van der Waals surface area contributed by atoms with Crippen molar-refractivity contribution in [2.24, 2.45) is 5.92 Å². The molecular weight excluding hydrogens is 158 g/mol. The minimum absolute atomic E-state index is 0.0467. The van der Waals surface area contributed by atoms with Crippen LogP contribution in [0.15, 0.2) is 0 Å². The molecule has 0 aromatic carbocycles. The molecule has 0 spiro atoms. The maximum Gasteiger partial charge on any atom is 0.227 e. The van der Waals surface area contributed by atoms with Gasteiger partial charge < -0.3 is 14.7 Å². The van der Waals surface area contributed by atoms with Gasteiger partial charge in [-0.1, -0.05) is 6.92 Å². The Morgan fingerprint density at radius 1 is 1.67 bits per heavy atom. The van der Waals surface area contributed by atoms with E-state index in [1.54, 1.807) is 26.0 Å². The van der Waals surface area contributed by atoms with Crippen LogP contribution in [0.1, 0.15) is 6.92 Å². The zero-order chi connectivity index (χ0) is 9.56. The second-order valence-electron chi connectivity index (χ2n) is 2.84. The van der Waals surface area contributed by atoms with Crippen LogP contribution in [0.2, 0.25) is 0 Å². The van der Waals surface area contributed by atoms with Gasteiger partial charge in [0.2, 0.25) is 5.91 Å². The number of hydrogen-bond donors (Lipinski definition) is 1. The number of aliphatic hydroxyl groups is 1. The predicted molar refractivity (Wildman–Crippen MR) is 45.8 cm³/mol. The molecule has 0 saturated heterocycles. The zero-order valence-corrected chi connectivity index (χ0v) is 7.91. The summed E-state index contributed by atoms with van der Waals surface area (Å²) in [5, 5.41) is 8.70. The first kappa shape index (κ1) is 11.4. The molecule has 0 aliphatic rings. The molecule has 0 aliphatic carbocycles. The van der Waals surface area contributed by atoms with E-state index in [-0.39, 0.29) is 18.4 Å². The predicted octanol–water partition coefficient (Wildman–Crippen LogP) is -0.280. The topological polar surface area (TPSA) is 49.8 Å². The Balaban J connectivity index is 3.75. The van der Waals surface area contributed by atoms with Gasteiger partial charge in [0.1, 0.15) is 0 Å². The van der Waals surface area contributed by atoms with Gasteiger partial charge in [0.15, 0.2) is 0 Å².